The fraction of sp³-hybridized carbons (Fsp3) is 0.938. The van der Waals surface area contributed by atoms with E-state index in [1.54, 1.807) is 0 Å². The molecule has 0 fully saturated rings. The van der Waals surface area contributed by atoms with E-state index < -0.39 is 0 Å². The summed E-state index contributed by atoms with van der Waals surface area (Å²) < 4.78 is 0. The molecule has 0 aromatic carbocycles. The Labute approximate surface area is 126 Å². The molecule has 0 aliphatic carbocycles. The van der Waals surface area contributed by atoms with Gasteiger partial charge in [-0.25, -0.2) is 0 Å². The molecular weight excluding hydrogens is 248 g/mol. The summed E-state index contributed by atoms with van der Waals surface area (Å²) in [7, 11) is 0. The number of nitrogens with zero attached hydrogens (tertiary/aromatic N) is 2. The molecule has 0 amide bonds. The number of rotatable bonds is 7. The first-order valence-corrected chi connectivity index (χ1v) is 7.99. The molecule has 0 spiro atoms. The topological polar surface area (TPSA) is 39.7 Å². The van der Waals surface area contributed by atoms with Gasteiger partial charge in [-0.15, -0.1) is 0 Å². The molecule has 4 nitrogen and oxygen atoms in total. The molecule has 0 saturated carbocycles. The summed E-state index contributed by atoms with van der Waals surface area (Å²) in [6.45, 7) is 20.4. The van der Waals surface area contributed by atoms with E-state index in [-0.39, 0.29) is 5.54 Å². The summed E-state index contributed by atoms with van der Waals surface area (Å²) in [5.41, 5.74) is 0.0445. The van der Waals surface area contributed by atoms with Gasteiger partial charge in [-0.1, -0.05) is 0 Å². The monoisotopic (exact) mass is 284 g/mol. The van der Waals surface area contributed by atoms with Crippen molar-refractivity contribution in [3.63, 3.8) is 0 Å². The Bertz CT molecular complexity index is 269. The molecular formula is C16H36N4. The third kappa shape index (κ3) is 9.18. The second-order valence-corrected chi connectivity index (χ2v) is 6.91. The molecule has 0 atom stereocenters. The maximum Gasteiger partial charge on any atom is 0.191 e. The van der Waals surface area contributed by atoms with Crippen molar-refractivity contribution in [3.8, 4) is 0 Å². The van der Waals surface area contributed by atoms with Gasteiger partial charge in [0.1, 0.15) is 0 Å². The maximum absolute atomic E-state index is 4.66. The van der Waals surface area contributed by atoms with Gasteiger partial charge in [0.15, 0.2) is 5.96 Å². The summed E-state index contributed by atoms with van der Waals surface area (Å²) in [6.07, 6.45) is 1.09. The Balaban J connectivity index is 4.29. The highest BCUT2D eigenvalue weighted by Gasteiger charge is 2.13. The fourth-order valence-electron chi connectivity index (χ4n) is 2.22. The van der Waals surface area contributed by atoms with Gasteiger partial charge in [-0.05, 0) is 61.8 Å². The van der Waals surface area contributed by atoms with E-state index in [2.05, 4.69) is 75.9 Å². The lowest BCUT2D eigenvalue weighted by Gasteiger charge is -2.30. The highest BCUT2D eigenvalue weighted by atomic mass is 15.2. The minimum Gasteiger partial charge on any atom is -0.357 e. The van der Waals surface area contributed by atoms with Crippen molar-refractivity contribution < 1.29 is 0 Å². The zero-order valence-corrected chi connectivity index (χ0v) is 14.9. The van der Waals surface area contributed by atoms with Gasteiger partial charge in [0.2, 0.25) is 0 Å². The second-order valence-electron chi connectivity index (χ2n) is 6.91. The van der Waals surface area contributed by atoms with Crippen LogP contribution in [0.1, 0.15) is 61.8 Å². The molecule has 0 rings (SSSR count). The zero-order valence-electron chi connectivity index (χ0n) is 14.9. The van der Waals surface area contributed by atoms with Crippen LogP contribution in [0, 0.1) is 0 Å². The Morgan fingerprint density at radius 1 is 1.10 bits per heavy atom. The van der Waals surface area contributed by atoms with Gasteiger partial charge in [0, 0.05) is 37.3 Å². The number of nitrogens with one attached hydrogen (secondary N) is 2. The lowest BCUT2D eigenvalue weighted by molar-refractivity contribution is 0.174. The standard InChI is InChI=1S/C16H36N4/c1-9-17-15(19-16(6,7)8)18-11-10-12-20(13(2)3)14(4)5/h13-14H,9-12H2,1-8H3,(H2,17,18,19). The Morgan fingerprint density at radius 3 is 2.05 bits per heavy atom. The van der Waals surface area contributed by atoms with Crippen LogP contribution >= 0.6 is 0 Å². The third-order valence-electron chi connectivity index (χ3n) is 3.01. The average molecular weight is 284 g/mol. The van der Waals surface area contributed by atoms with Crippen LogP contribution in [0.25, 0.3) is 0 Å². The van der Waals surface area contributed by atoms with E-state index in [4.69, 9.17) is 0 Å². The molecule has 0 heterocycles. The molecule has 2 N–H and O–H groups in total. The van der Waals surface area contributed by atoms with Crippen molar-refractivity contribution in [2.45, 2.75) is 79.4 Å². The van der Waals surface area contributed by atoms with Crippen molar-refractivity contribution in [2.24, 2.45) is 4.99 Å². The van der Waals surface area contributed by atoms with Crippen LogP contribution in [0.4, 0.5) is 0 Å². The summed E-state index contributed by atoms with van der Waals surface area (Å²) in [4.78, 5) is 7.17. The molecule has 120 valence electrons. The third-order valence-corrected chi connectivity index (χ3v) is 3.01. The van der Waals surface area contributed by atoms with Gasteiger partial charge in [0.25, 0.3) is 0 Å². The van der Waals surface area contributed by atoms with Crippen molar-refractivity contribution in [3.05, 3.63) is 0 Å². The second kappa shape index (κ2) is 9.22. The van der Waals surface area contributed by atoms with Gasteiger partial charge >= 0.3 is 0 Å². The van der Waals surface area contributed by atoms with Crippen molar-refractivity contribution in [2.75, 3.05) is 19.6 Å². The molecule has 0 bridgehead atoms. The minimum absolute atomic E-state index is 0.0445. The Hall–Kier alpha value is -0.770. The van der Waals surface area contributed by atoms with Gasteiger partial charge < -0.3 is 10.6 Å². The van der Waals surface area contributed by atoms with Crippen LogP contribution in [0.15, 0.2) is 4.99 Å². The van der Waals surface area contributed by atoms with Crippen LogP contribution in [0.2, 0.25) is 0 Å². The highest BCUT2D eigenvalue weighted by Crippen LogP contribution is 2.05. The number of hydrogen-bond acceptors (Lipinski definition) is 2. The molecule has 0 aromatic heterocycles. The van der Waals surface area contributed by atoms with Crippen molar-refractivity contribution in [1.82, 2.24) is 15.5 Å². The summed E-state index contributed by atoms with van der Waals surface area (Å²) in [6, 6.07) is 1.19. The summed E-state index contributed by atoms with van der Waals surface area (Å²) in [5.74, 6) is 0.917. The first kappa shape index (κ1) is 19.2. The Kier molecular flexibility index (Phi) is 8.86. The van der Waals surface area contributed by atoms with Gasteiger partial charge in [-0.2, -0.15) is 0 Å². The fourth-order valence-corrected chi connectivity index (χ4v) is 2.22. The zero-order chi connectivity index (χ0) is 15.8. The number of guanidine groups is 1. The van der Waals surface area contributed by atoms with Crippen molar-refractivity contribution in [1.29, 1.82) is 0 Å². The lowest BCUT2D eigenvalue weighted by atomic mass is 10.1. The SMILES string of the molecule is CCNC(=NCCCN(C(C)C)C(C)C)NC(C)(C)C. The predicted molar refractivity (Wildman–Crippen MR) is 90.5 cm³/mol. The number of hydrogen-bond donors (Lipinski definition) is 2. The predicted octanol–water partition coefficient (Wildman–Crippen LogP) is 2.85. The van der Waals surface area contributed by atoms with E-state index >= 15 is 0 Å². The first-order chi connectivity index (χ1) is 9.17. The molecule has 0 aromatic rings. The Morgan fingerprint density at radius 2 is 1.65 bits per heavy atom. The lowest BCUT2D eigenvalue weighted by Crippen LogP contribution is -2.47. The molecule has 0 aliphatic heterocycles. The van der Waals surface area contributed by atoms with E-state index in [1.807, 2.05) is 0 Å². The van der Waals surface area contributed by atoms with Gasteiger partial charge in [0.05, 0.1) is 0 Å². The number of aliphatic imine (C=N–C) groups is 1. The van der Waals surface area contributed by atoms with Crippen LogP contribution in [0.3, 0.4) is 0 Å². The summed E-state index contributed by atoms with van der Waals surface area (Å²) >= 11 is 0. The normalized spacial score (nSPS) is 13.4. The van der Waals surface area contributed by atoms with Crippen LogP contribution < -0.4 is 10.6 Å². The molecule has 20 heavy (non-hydrogen) atoms. The van der Waals surface area contributed by atoms with E-state index in [0.717, 1.165) is 32.0 Å². The minimum atomic E-state index is 0.0445. The van der Waals surface area contributed by atoms with E-state index in [0.29, 0.717) is 12.1 Å². The highest BCUT2D eigenvalue weighted by molar-refractivity contribution is 5.80. The van der Waals surface area contributed by atoms with Crippen LogP contribution in [-0.2, 0) is 0 Å². The molecule has 0 aliphatic rings. The molecule has 0 unspecified atom stereocenters. The quantitative estimate of drug-likeness (QED) is 0.429. The smallest absolute Gasteiger partial charge is 0.191 e. The molecule has 0 saturated heterocycles. The molecule has 0 radical (unpaired) electrons. The van der Waals surface area contributed by atoms with E-state index in [9.17, 15) is 0 Å². The first-order valence-electron chi connectivity index (χ1n) is 7.99. The average Bonchev–Trinajstić information content (AvgIpc) is 2.25. The van der Waals surface area contributed by atoms with Crippen LogP contribution in [0.5, 0.6) is 0 Å². The van der Waals surface area contributed by atoms with E-state index in [1.165, 1.54) is 0 Å². The van der Waals surface area contributed by atoms with Gasteiger partial charge in [-0.3, -0.25) is 9.89 Å². The summed E-state index contributed by atoms with van der Waals surface area (Å²) in [5, 5.41) is 6.71. The maximum atomic E-state index is 4.66. The van der Waals surface area contributed by atoms with Crippen molar-refractivity contribution >= 4 is 5.96 Å². The largest absolute Gasteiger partial charge is 0.357 e. The van der Waals surface area contributed by atoms with Crippen LogP contribution in [-0.4, -0.2) is 48.1 Å². The molecule has 4 heteroatoms.